The molecule has 0 aliphatic rings. The summed E-state index contributed by atoms with van der Waals surface area (Å²) in [5.41, 5.74) is 6.39. The van der Waals surface area contributed by atoms with E-state index in [1.807, 2.05) is 24.3 Å². The average molecular weight is 508 g/mol. The van der Waals surface area contributed by atoms with Crippen LogP contribution < -0.4 is 5.32 Å². The molecule has 9 heteroatoms. The molecule has 0 fully saturated rings. The smallest absolute Gasteiger partial charge is 0.155 e. The van der Waals surface area contributed by atoms with Crippen LogP contribution in [-0.2, 0) is 0 Å². The molecule has 38 heavy (non-hydrogen) atoms. The van der Waals surface area contributed by atoms with Crippen LogP contribution in [0.5, 0.6) is 0 Å². The summed E-state index contributed by atoms with van der Waals surface area (Å²) in [4.78, 5) is 16.8. The predicted molar refractivity (Wildman–Crippen MR) is 147 cm³/mol. The molecular formula is C29H26FN7O. The Kier molecular flexibility index (Phi) is 6.05. The summed E-state index contributed by atoms with van der Waals surface area (Å²) in [7, 11) is 0. The van der Waals surface area contributed by atoms with Crippen molar-refractivity contribution in [3.05, 3.63) is 79.1 Å². The summed E-state index contributed by atoms with van der Waals surface area (Å²) in [6, 6.07) is 14.4. The van der Waals surface area contributed by atoms with Gasteiger partial charge in [0.05, 0.1) is 23.3 Å². The number of pyridine rings is 3. The lowest BCUT2D eigenvalue weighted by Gasteiger charge is -2.16. The topological polar surface area (TPSA) is 115 Å². The third kappa shape index (κ3) is 4.48. The highest BCUT2D eigenvalue weighted by atomic mass is 19.1. The maximum Gasteiger partial charge on any atom is 0.155 e. The zero-order valence-corrected chi connectivity index (χ0v) is 20.9. The molecule has 6 rings (SSSR count). The van der Waals surface area contributed by atoms with Crippen molar-refractivity contribution >= 4 is 27.6 Å². The van der Waals surface area contributed by atoms with Crippen molar-refractivity contribution in [2.75, 3.05) is 5.32 Å². The van der Waals surface area contributed by atoms with Crippen LogP contribution in [0.25, 0.3) is 55.7 Å². The maximum atomic E-state index is 14.6. The molecule has 4 N–H and O–H groups in total. The number of benzene rings is 1. The van der Waals surface area contributed by atoms with Gasteiger partial charge in [-0.1, -0.05) is 26.0 Å². The number of aliphatic hydroxyl groups is 1. The molecule has 1 aromatic carbocycles. The monoisotopic (exact) mass is 507 g/mol. The first kappa shape index (κ1) is 23.7. The minimum absolute atomic E-state index is 0.323. The molecule has 5 heterocycles. The molecule has 0 bridgehead atoms. The number of fused-ring (bicyclic) bond motifs is 2. The highest BCUT2D eigenvalue weighted by molar-refractivity contribution is 6.00. The van der Waals surface area contributed by atoms with E-state index in [9.17, 15) is 9.50 Å². The molecule has 0 saturated heterocycles. The van der Waals surface area contributed by atoms with Crippen molar-refractivity contribution in [3.63, 3.8) is 0 Å². The van der Waals surface area contributed by atoms with Crippen molar-refractivity contribution < 1.29 is 9.50 Å². The van der Waals surface area contributed by atoms with E-state index in [0.29, 0.717) is 34.9 Å². The van der Waals surface area contributed by atoms with E-state index < -0.39 is 6.23 Å². The Balaban J connectivity index is 1.38. The second-order valence-corrected chi connectivity index (χ2v) is 9.73. The van der Waals surface area contributed by atoms with Crippen LogP contribution in [0.4, 0.5) is 10.1 Å². The number of nitrogens with one attached hydrogen (secondary N) is 3. The van der Waals surface area contributed by atoms with Crippen molar-refractivity contribution in [2.24, 2.45) is 5.92 Å². The number of anilines is 1. The number of aromatic amines is 2. The summed E-state index contributed by atoms with van der Waals surface area (Å²) < 4.78 is 14.6. The zero-order chi connectivity index (χ0) is 26.2. The number of hydrogen-bond acceptors (Lipinski definition) is 6. The Bertz CT molecular complexity index is 1760. The van der Waals surface area contributed by atoms with Gasteiger partial charge in [-0.3, -0.25) is 15.1 Å². The van der Waals surface area contributed by atoms with Crippen LogP contribution in [0.3, 0.4) is 0 Å². The van der Waals surface area contributed by atoms with Gasteiger partial charge in [0, 0.05) is 51.6 Å². The highest BCUT2D eigenvalue weighted by Gasteiger charge is 2.17. The van der Waals surface area contributed by atoms with Crippen molar-refractivity contribution in [2.45, 2.75) is 26.5 Å². The normalized spacial score (nSPS) is 12.4. The van der Waals surface area contributed by atoms with E-state index in [0.717, 1.165) is 38.8 Å². The first-order valence-corrected chi connectivity index (χ1v) is 12.4. The number of halogens is 1. The van der Waals surface area contributed by atoms with Crippen LogP contribution in [0.2, 0.25) is 0 Å². The predicted octanol–water partition coefficient (Wildman–Crippen LogP) is 6.15. The largest absolute Gasteiger partial charge is 0.374 e. The molecule has 0 spiro atoms. The number of nitrogens with zero attached hydrogens (tertiary/aromatic N) is 4. The molecule has 1 atom stereocenters. The minimum atomic E-state index is -0.654. The number of rotatable bonds is 7. The number of hydrogen-bond donors (Lipinski definition) is 4. The molecule has 190 valence electrons. The average Bonchev–Trinajstić information content (AvgIpc) is 3.52. The first-order chi connectivity index (χ1) is 18.5. The minimum Gasteiger partial charge on any atom is -0.374 e. The summed E-state index contributed by atoms with van der Waals surface area (Å²) in [6.07, 6.45) is 6.86. The second kappa shape index (κ2) is 9.68. The van der Waals surface area contributed by atoms with Gasteiger partial charge >= 0.3 is 0 Å². The van der Waals surface area contributed by atoms with E-state index in [1.165, 1.54) is 6.07 Å². The number of aliphatic hydroxyl groups excluding tert-OH is 1. The summed E-state index contributed by atoms with van der Waals surface area (Å²) in [6.45, 7) is 4.13. The van der Waals surface area contributed by atoms with Crippen LogP contribution in [-0.4, -0.2) is 41.5 Å². The fraction of sp³-hybridized carbons (Fsp3) is 0.172. The van der Waals surface area contributed by atoms with Crippen molar-refractivity contribution in [3.8, 4) is 33.8 Å². The molecule has 8 nitrogen and oxygen atoms in total. The summed E-state index contributed by atoms with van der Waals surface area (Å²) in [5.74, 6) is 0.0411. The molecule has 5 aromatic heterocycles. The van der Waals surface area contributed by atoms with Gasteiger partial charge in [-0.05, 0) is 48.7 Å². The number of aromatic nitrogens is 6. The lowest BCUT2D eigenvalue weighted by Crippen LogP contribution is -2.20. The van der Waals surface area contributed by atoms with E-state index in [1.54, 1.807) is 43.0 Å². The molecule has 0 amide bonds. The molecule has 1 unspecified atom stereocenters. The zero-order valence-electron chi connectivity index (χ0n) is 20.9. The van der Waals surface area contributed by atoms with Gasteiger partial charge in [0.25, 0.3) is 0 Å². The second-order valence-electron chi connectivity index (χ2n) is 9.73. The Morgan fingerprint density at radius 1 is 0.947 bits per heavy atom. The fourth-order valence-corrected chi connectivity index (χ4v) is 4.69. The Labute approximate surface area is 218 Å². The number of H-pyrrole nitrogens is 2. The SMILES string of the molecule is CC(C)CC(O)Nc1cncc(-c2cnc3[nH]nc(-c4cc5c(-c6ccccc6F)nccc5[nH]4)c3c2)c1. The lowest BCUT2D eigenvalue weighted by molar-refractivity contribution is 0.176. The Morgan fingerprint density at radius 3 is 2.63 bits per heavy atom. The van der Waals surface area contributed by atoms with E-state index >= 15 is 0 Å². The van der Waals surface area contributed by atoms with E-state index in [4.69, 9.17) is 0 Å². The van der Waals surface area contributed by atoms with Gasteiger partial charge in [-0.15, -0.1) is 0 Å². The summed E-state index contributed by atoms with van der Waals surface area (Å²) in [5, 5.41) is 22.5. The van der Waals surface area contributed by atoms with E-state index in [-0.39, 0.29) is 5.82 Å². The Morgan fingerprint density at radius 2 is 1.79 bits per heavy atom. The molecule has 0 aliphatic heterocycles. The van der Waals surface area contributed by atoms with Crippen molar-refractivity contribution in [1.29, 1.82) is 0 Å². The van der Waals surface area contributed by atoms with Gasteiger partial charge in [0.1, 0.15) is 17.7 Å². The summed E-state index contributed by atoms with van der Waals surface area (Å²) >= 11 is 0. The first-order valence-electron chi connectivity index (χ1n) is 12.4. The molecular weight excluding hydrogens is 481 g/mol. The molecule has 0 aliphatic carbocycles. The van der Waals surface area contributed by atoms with Gasteiger partial charge < -0.3 is 15.4 Å². The quantitative estimate of drug-likeness (QED) is 0.193. The van der Waals surface area contributed by atoms with Crippen molar-refractivity contribution in [1.82, 2.24) is 30.1 Å². The molecule has 0 saturated carbocycles. The van der Waals surface area contributed by atoms with Crippen LogP contribution in [0, 0.1) is 11.7 Å². The third-order valence-corrected chi connectivity index (χ3v) is 6.45. The van der Waals surface area contributed by atoms with Gasteiger partial charge in [-0.25, -0.2) is 9.37 Å². The van der Waals surface area contributed by atoms with Crippen LogP contribution >= 0.6 is 0 Å². The van der Waals surface area contributed by atoms with Crippen LogP contribution in [0.1, 0.15) is 20.3 Å². The standard InChI is InChI=1S/C29H26FN7O/c1-16(2)9-26(38)34-19-10-17(13-31-15-19)18-11-22-28(36-37-29(22)33-14-18)25-12-21-24(35-25)7-8-32-27(21)20-5-3-4-6-23(20)30/h3-8,10-16,26,34-35,38H,9H2,1-2H3,(H,33,36,37). The lowest BCUT2D eigenvalue weighted by atomic mass is 10.1. The fourth-order valence-electron chi connectivity index (χ4n) is 4.69. The Hall–Kier alpha value is -4.63. The maximum absolute atomic E-state index is 14.6. The highest BCUT2D eigenvalue weighted by Crippen LogP contribution is 2.34. The van der Waals surface area contributed by atoms with Crippen LogP contribution in [0.15, 0.2) is 73.3 Å². The van der Waals surface area contributed by atoms with Gasteiger partial charge in [0.2, 0.25) is 0 Å². The van der Waals surface area contributed by atoms with Gasteiger partial charge in [0.15, 0.2) is 5.65 Å². The third-order valence-electron chi connectivity index (χ3n) is 6.45. The molecule has 6 aromatic rings. The van der Waals surface area contributed by atoms with Gasteiger partial charge in [-0.2, -0.15) is 5.10 Å². The van der Waals surface area contributed by atoms with E-state index in [2.05, 4.69) is 49.3 Å². The molecule has 0 radical (unpaired) electrons.